The molecule has 1 N–H and O–H groups in total. The number of hydrogen-bond acceptors (Lipinski definition) is 6. The molecule has 1 aliphatic rings. The molecule has 0 amide bonds. The van der Waals surface area contributed by atoms with Crippen molar-refractivity contribution >= 4 is 0 Å². The SMILES string of the molecule is CNC(COC)Cc1nc(C2(C)CCCCO2)no1. The Morgan fingerprint density at radius 3 is 2.95 bits per heavy atom. The topological polar surface area (TPSA) is 69.4 Å². The number of hydrogen-bond donors (Lipinski definition) is 1. The molecule has 6 nitrogen and oxygen atoms in total. The van der Waals surface area contributed by atoms with Crippen molar-refractivity contribution in [2.24, 2.45) is 0 Å². The van der Waals surface area contributed by atoms with E-state index in [1.807, 2.05) is 14.0 Å². The summed E-state index contributed by atoms with van der Waals surface area (Å²) in [6.07, 6.45) is 3.85. The van der Waals surface area contributed by atoms with E-state index in [1.165, 1.54) is 0 Å². The largest absolute Gasteiger partial charge is 0.383 e. The summed E-state index contributed by atoms with van der Waals surface area (Å²) in [6.45, 7) is 3.41. The Balaban J connectivity index is 2.01. The van der Waals surface area contributed by atoms with Crippen LogP contribution in [0.25, 0.3) is 0 Å². The van der Waals surface area contributed by atoms with Gasteiger partial charge in [-0.05, 0) is 33.2 Å². The predicted octanol–water partition coefficient (Wildman–Crippen LogP) is 1.26. The fourth-order valence-corrected chi connectivity index (χ4v) is 2.32. The Kier molecular flexibility index (Phi) is 4.90. The molecule has 0 radical (unpaired) electrons. The van der Waals surface area contributed by atoms with Crippen molar-refractivity contribution in [1.29, 1.82) is 0 Å². The van der Waals surface area contributed by atoms with Crippen LogP contribution in [0.1, 0.15) is 37.9 Å². The van der Waals surface area contributed by atoms with Crippen molar-refractivity contribution in [2.75, 3.05) is 27.4 Å². The Bertz CT molecular complexity index is 388. The van der Waals surface area contributed by atoms with Crippen LogP contribution < -0.4 is 5.32 Å². The highest BCUT2D eigenvalue weighted by Gasteiger charge is 2.35. The minimum atomic E-state index is -0.392. The van der Waals surface area contributed by atoms with E-state index < -0.39 is 5.60 Å². The second-order valence-corrected chi connectivity index (χ2v) is 5.19. The van der Waals surface area contributed by atoms with E-state index >= 15 is 0 Å². The van der Waals surface area contributed by atoms with Gasteiger partial charge in [0.15, 0.2) is 0 Å². The first-order chi connectivity index (χ1) is 9.18. The van der Waals surface area contributed by atoms with E-state index in [-0.39, 0.29) is 6.04 Å². The zero-order valence-corrected chi connectivity index (χ0v) is 11.9. The second kappa shape index (κ2) is 6.45. The molecule has 1 aromatic rings. The van der Waals surface area contributed by atoms with Gasteiger partial charge in [0, 0.05) is 26.2 Å². The van der Waals surface area contributed by atoms with Crippen LogP contribution in [0.5, 0.6) is 0 Å². The maximum absolute atomic E-state index is 5.82. The van der Waals surface area contributed by atoms with Gasteiger partial charge in [0.05, 0.1) is 6.61 Å². The smallest absolute Gasteiger partial charge is 0.228 e. The Labute approximate surface area is 113 Å². The summed E-state index contributed by atoms with van der Waals surface area (Å²) in [7, 11) is 3.58. The minimum absolute atomic E-state index is 0.179. The van der Waals surface area contributed by atoms with E-state index in [9.17, 15) is 0 Å². The van der Waals surface area contributed by atoms with E-state index in [1.54, 1.807) is 7.11 Å². The van der Waals surface area contributed by atoms with Gasteiger partial charge in [0.25, 0.3) is 0 Å². The molecule has 0 bridgehead atoms. The van der Waals surface area contributed by atoms with Gasteiger partial charge >= 0.3 is 0 Å². The third-order valence-corrected chi connectivity index (χ3v) is 3.61. The maximum atomic E-state index is 5.82. The molecule has 0 aromatic carbocycles. The van der Waals surface area contributed by atoms with Crippen LogP contribution in [0.2, 0.25) is 0 Å². The molecule has 1 fully saturated rings. The lowest BCUT2D eigenvalue weighted by Crippen LogP contribution is -2.33. The average Bonchev–Trinajstić information content (AvgIpc) is 2.88. The van der Waals surface area contributed by atoms with Gasteiger partial charge in [-0.25, -0.2) is 0 Å². The normalized spacial score (nSPS) is 25.4. The Morgan fingerprint density at radius 2 is 2.32 bits per heavy atom. The van der Waals surface area contributed by atoms with Gasteiger partial charge in [-0.1, -0.05) is 5.16 Å². The first kappa shape index (κ1) is 14.4. The lowest BCUT2D eigenvalue weighted by molar-refractivity contribution is -0.0770. The van der Waals surface area contributed by atoms with Gasteiger partial charge in [-0.15, -0.1) is 0 Å². The number of nitrogens with one attached hydrogen (secondary N) is 1. The van der Waals surface area contributed by atoms with Crippen molar-refractivity contribution in [3.63, 3.8) is 0 Å². The van der Waals surface area contributed by atoms with Crippen LogP contribution in [0.3, 0.4) is 0 Å². The number of nitrogens with zero attached hydrogens (tertiary/aromatic N) is 2. The summed E-state index contributed by atoms with van der Waals surface area (Å²) in [5.74, 6) is 1.29. The molecule has 1 aromatic heterocycles. The van der Waals surface area contributed by atoms with Gasteiger partial charge in [0.2, 0.25) is 11.7 Å². The lowest BCUT2D eigenvalue weighted by atomic mass is 9.95. The molecule has 108 valence electrons. The molecule has 0 saturated carbocycles. The molecule has 1 aliphatic heterocycles. The Hall–Kier alpha value is -0.980. The fraction of sp³-hybridized carbons (Fsp3) is 0.846. The molecule has 6 heteroatoms. The number of aromatic nitrogens is 2. The van der Waals surface area contributed by atoms with Crippen LogP contribution in [-0.2, 0) is 21.5 Å². The van der Waals surface area contributed by atoms with Crippen LogP contribution in [0.15, 0.2) is 4.52 Å². The summed E-state index contributed by atoms with van der Waals surface area (Å²) in [4.78, 5) is 4.48. The monoisotopic (exact) mass is 269 g/mol. The molecule has 2 rings (SSSR count). The number of likely N-dealkylation sites (N-methyl/N-ethyl adjacent to an activating group) is 1. The van der Waals surface area contributed by atoms with Gasteiger partial charge in [-0.3, -0.25) is 0 Å². The molecular formula is C13H23N3O3. The van der Waals surface area contributed by atoms with Gasteiger partial charge < -0.3 is 19.3 Å². The minimum Gasteiger partial charge on any atom is -0.383 e. The van der Waals surface area contributed by atoms with Gasteiger partial charge in [0.1, 0.15) is 5.60 Å². The molecule has 2 atom stereocenters. The highest BCUT2D eigenvalue weighted by molar-refractivity contribution is 5.01. The zero-order valence-electron chi connectivity index (χ0n) is 11.9. The quantitative estimate of drug-likeness (QED) is 0.838. The highest BCUT2D eigenvalue weighted by Crippen LogP contribution is 2.32. The predicted molar refractivity (Wildman–Crippen MR) is 69.9 cm³/mol. The number of rotatable bonds is 6. The van der Waals surface area contributed by atoms with Crippen molar-refractivity contribution in [1.82, 2.24) is 15.5 Å². The third-order valence-electron chi connectivity index (χ3n) is 3.61. The fourth-order valence-electron chi connectivity index (χ4n) is 2.32. The standard InChI is InChI=1S/C13H23N3O3/c1-13(6-4-5-7-18-13)12-15-11(19-16-12)8-10(14-2)9-17-3/h10,14H,4-9H2,1-3H3. The number of ether oxygens (including phenoxy) is 2. The van der Waals surface area contributed by atoms with Crippen LogP contribution >= 0.6 is 0 Å². The van der Waals surface area contributed by atoms with Crippen molar-refractivity contribution < 1.29 is 14.0 Å². The first-order valence-electron chi connectivity index (χ1n) is 6.81. The van der Waals surface area contributed by atoms with Crippen LogP contribution in [0.4, 0.5) is 0 Å². The second-order valence-electron chi connectivity index (χ2n) is 5.19. The number of methoxy groups -OCH3 is 1. The molecule has 2 unspecified atom stereocenters. The van der Waals surface area contributed by atoms with E-state index in [0.717, 1.165) is 25.9 Å². The summed E-state index contributed by atoms with van der Waals surface area (Å²) in [5.41, 5.74) is -0.392. The van der Waals surface area contributed by atoms with Gasteiger partial charge in [-0.2, -0.15) is 4.98 Å². The van der Waals surface area contributed by atoms with Crippen molar-refractivity contribution in [3.05, 3.63) is 11.7 Å². The first-order valence-corrected chi connectivity index (χ1v) is 6.81. The average molecular weight is 269 g/mol. The lowest BCUT2D eigenvalue weighted by Gasteiger charge is -2.30. The van der Waals surface area contributed by atoms with Crippen LogP contribution in [0, 0.1) is 0 Å². The molecular weight excluding hydrogens is 246 g/mol. The highest BCUT2D eigenvalue weighted by atomic mass is 16.5. The third kappa shape index (κ3) is 3.52. The van der Waals surface area contributed by atoms with E-state index in [4.69, 9.17) is 14.0 Å². The van der Waals surface area contributed by atoms with Crippen molar-refractivity contribution in [3.8, 4) is 0 Å². The summed E-state index contributed by atoms with van der Waals surface area (Å²) in [5, 5.41) is 7.25. The van der Waals surface area contributed by atoms with Crippen molar-refractivity contribution in [2.45, 2.75) is 44.2 Å². The molecule has 19 heavy (non-hydrogen) atoms. The summed E-state index contributed by atoms with van der Waals surface area (Å²) < 4.78 is 16.3. The molecule has 0 aliphatic carbocycles. The van der Waals surface area contributed by atoms with Crippen LogP contribution in [-0.4, -0.2) is 43.6 Å². The summed E-state index contributed by atoms with van der Waals surface area (Å²) >= 11 is 0. The van der Waals surface area contributed by atoms with E-state index in [0.29, 0.717) is 24.7 Å². The molecule has 1 saturated heterocycles. The zero-order chi connectivity index (χ0) is 13.7. The molecule has 2 heterocycles. The molecule has 0 spiro atoms. The summed E-state index contributed by atoms with van der Waals surface area (Å²) in [6, 6.07) is 0.179. The Morgan fingerprint density at radius 1 is 1.47 bits per heavy atom. The maximum Gasteiger partial charge on any atom is 0.228 e. The van der Waals surface area contributed by atoms with E-state index in [2.05, 4.69) is 15.5 Å².